The van der Waals surface area contributed by atoms with Crippen LogP contribution in [0.3, 0.4) is 0 Å². The lowest BCUT2D eigenvalue weighted by Gasteiger charge is -2.38. The first-order chi connectivity index (χ1) is 10.6. The maximum atomic E-state index is 9.82. The predicted octanol–water partition coefficient (Wildman–Crippen LogP) is 5.35. The fraction of sp³-hybridized carbons (Fsp3) is 0.400. The van der Waals surface area contributed by atoms with Crippen LogP contribution < -0.4 is 4.74 Å². The highest BCUT2D eigenvalue weighted by Crippen LogP contribution is 2.48. The Hall–Kier alpha value is -1.96. The van der Waals surface area contributed by atoms with E-state index in [4.69, 9.17) is 4.74 Å². The number of fused-ring (bicyclic) bond motifs is 1. The van der Waals surface area contributed by atoms with Gasteiger partial charge in [-0.2, -0.15) is 0 Å². The summed E-state index contributed by atoms with van der Waals surface area (Å²) in [7, 11) is 0. The Kier molecular flexibility index (Phi) is 4.10. The van der Waals surface area contributed by atoms with Crippen molar-refractivity contribution in [3.8, 4) is 11.5 Å². The smallest absolute Gasteiger partial charge is 0.127 e. The maximum Gasteiger partial charge on any atom is 0.127 e. The Labute approximate surface area is 132 Å². The molecule has 3 rings (SSSR count). The molecule has 1 aliphatic heterocycles. The van der Waals surface area contributed by atoms with Gasteiger partial charge in [-0.3, -0.25) is 0 Å². The third-order valence-electron chi connectivity index (χ3n) is 4.76. The minimum Gasteiger partial charge on any atom is -0.508 e. The molecule has 0 aromatic heterocycles. The van der Waals surface area contributed by atoms with E-state index in [2.05, 4.69) is 45.0 Å². The van der Waals surface area contributed by atoms with Crippen LogP contribution in [0.1, 0.15) is 55.4 Å². The second kappa shape index (κ2) is 6.04. The molecule has 0 radical (unpaired) electrons. The van der Waals surface area contributed by atoms with Crippen LogP contribution in [0.15, 0.2) is 42.5 Å². The molecule has 0 fully saturated rings. The van der Waals surface area contributed by atoms with Gasteiger partial charge in [0.2, 0.25) is 0 Å². The Morgan fingerprint density at radius 3 is 2.50 bits per heavy atom. The summed E-state index contributed by atoms with van der Waals surface area (Å²) in [6.07, 6.45) is 2.32. The van der Waals surface area contributed by atoms with Gasteiger partial charge in [-0.05, 0) is 43.0 Å². The first-order valence-electron chi connectivity index (χ1n) is 8.16. The highest BCUT2D eigenvalue weighted by Gasteiger charge is 2.35. The molecule has 0 bridgehead atoms. The molecule has 0 spiro atoms. The largest absolute Gasteiger partial charge is 0.508 e. The quantitative estimate of drug-likeness (QED) is 0.826. The van der Waals surface area contributed by atoms with E-state index in [1.54, 1.807) is 6.07 Å². The number of benzene rings is 2. The van der Waals surface area contributed by atoms with Gasteiger partial charge in [-0.1, -0.05) is 50.1 Å². The summed E-state index contributed by atoms with van der Waals surface area (Å²) in [4.78, 5) is 0. The van der Waals surface area contributed by atoms with Crippen molar-refractivity contribution in [2.75, 3.05) is 0 Å². The number of hydrogen-bond acceptors (Lipinski definition) is 2. The van der Waals surface area contributed by atoms with Crippen LogP contribution in [-0.4, -0.2) is 5.11 Å². The van der Waals surface area contributed by atoms with Crippen molar-refractivity contribution < 1.29 is 9.84 Å². The normalized spacial score (nSPS) is 23.7. The van der Waals surface area contributed by atoms with Crippen LogP contribution in [0.5, 0.6) is 11.5 Å². The zero-order valence-electron chi connectivity index (χ0n) is 13.5. The first kappa shape index (κ1) is 15.0. The lowest BCUT2D eigenvalue weighted by Crippen LogP contribution is -2.28. The molecule has 3 atom stereocenters. The van der Waals surface area contributed by atoms with Crippen molar-refractivity contribution in [1.82, 2.24) is 0 Å². The molecular weight excluding hydrogens is 272 g/mol. The first-order valence-corrected chi connectivity index (χ1v) is 8.16. The Balaban J connectivity index is 2.01. The summed E-state index contributed by atoms with van der Waals surface area (Å²) in [5.74, 6) is 2.05. The Bertz CT molecular complexity index is 645. The van der Waals surface area contributed by atoms with E-state index in [1.165, 1.54) is 11.1 Å². The van der Waals surface area contributed by atoms with E-state index in [9.17, 15) is 5.11 Å². The van der Waals surface area contributed by atoms with E-state index in [-0.39, 0.29) is 6.10 Å². The van der Waals surface area contributed by atoms with Gasteiger partial charge in [0.1, 0.15) is 17.6 Å². The molecule has 2 nitrogen and oxygen atoms in total. The Morgan fingerprint density at radius 1 is 1.09 bits per heavy atom. The minimum absolute atomic E-state index is 0.0780. The predicted molar refractivity (Wildman–Crippen MR) is 89.5 cm³/mol. The number of aromatic hydroxyl groups is 1. The summed E-state index contributed by atoms with van der Waals surface area (Å²) in [5.41, 5.74) is 3.65. The summed E-state index contributed by atoms with van der Waals surface area (Å²) in [6, 6.07) is 14.1. The second-order valence-corrected chi connectivity index (χ2v) is 6.43. The average Bonchev–Trinajstić information content (AvgIpc) is 2.51. The van der Waals surface area contributed by atoms with Crippen molar-refractivity contribution in [1.29, 1.82) is 0 Å². The van der Waals surface area contributed by atoms with Crippen LogP contribution in [0.4, 0.5) is 0 Å². The molecule has 2 aromatic carbocycles. The summed E-state index contributed by atoms with van der Waals surface area (Å²) >= 11 is 0. The molecule has 0 amide bonds. The van der Waals surface area contributed by atoms with Crippen LogP contribution in [0.25, 0.3) is 0 Å². The zero-order chi connectivity index (χ0) is 15.7. The number of phenolic OH excluding ortho intramolecular Hbond substituents is 1. The molecule has 0 aliphatic carbocycles. The van der Waals surface area contributed by atoms with Gasteiger partial charge >= 0.3 is 0 Å². The number of aryl methyl sites for hydroxylation is 1. The van der Waals surface area contributed by atoms with Crippen molar-refractivity contribution >= 4 is 0 Å². The molecule has 0 saturated heterocycles. The molecule has 1 N–H and O–H groups in total. The number of ether oxygens (including phenoxy) is 1. The van der Waals surface area contributed by atoms with E-state index in [1.807, 2.05) is 12.1 Å². The van der Waals surface area contributed by atoms with Crippen LogP contribution in [0.2, 0.25) is 0 Å². The molecule has 2 heteroatoms. The van der Waals surface area contributed by atoms with Gasteiger partial charge in [-0.25, -0.2) is 0 Å². The van der Waals surface area contributed by atoms with E-state index < -0.39 is 0 Å². The fourth-order valence-electron chi connectivity index (χ4n) is 3.53. The van der Waals surface area contributed by atoms with Gasteiger partial charge in [0.25, 0.3) is 0 Å². The van der Waals surface area contributed by atoms with Crippen molar-refractivity contribution in [3.63, 3.8) is 0 Å². The van der Waals surface area contributed by atoms with Gasteiger partial charge in [-0.15, -0.1) is 0 Å². The van der Waals surface area contributed by atoms with Gasteiger partial charge in [0.15, 0.2) is 0 Å². The number of phenols is 1. The summed E-state index contributed by atoms with van der Waals surface area (Å²) < 4.78 is 6.29. The molecule has 22 heavy (non-hydrogen) atoms. The standard InChI is InChI=1S/C20H24O2/c1-4-5-17-14(3)20(15-8-6-13(2)7-9-15)22-19-11-10-16(21)12-18(17)19/h6-12,14,17,20-21H,4-5H2,1-3H3. The third kappa shape index (κ3) is 2.70. The zero-order valence-corrected chi connectivity index (χ0v) is 13.5. The van der Waals surface area contributed by atoms with Gasteiger partial charge < -0.3 is 9.84 Å². The lowest BCUT2D eigenvalue weighted by molar-refractivity contribution is 0.0986. The topological polar surface area (TPSA) is 29.5 Å². The fourth-order valence-corrected chi connectivity index (χ4v) is 3.53. The molecule has 1 aliphatic rings. The lowest BCUT2D eigenvalue weighted by atomic mass is 9.76. The SMILES string of the molecule is CCCC1c2cc(O)ccc2OC(c2ccc(C)cc2)C1C. The molecular formula is C20H24O2. The van der Waals surface area contributed by atoms with Crippen molar-refractivity contribution in [2.45, 2.75) is 45.6 Å². The molecule has 0 saturated carbocycles. The van der Waals surface area contributed by atoms with E-state index in [0.717, 1.165) is 24.2 Å². The highest BCUT2D eigenvalue weighted by atomic mass is 16.5. The second-order valence-electron chi connectivity index (χ2n) is 6.43. The Morgan fingerprint density at radius 2 is 1.82 bits per heavy atom. The summed E-state index contributed by atoms with van der Waals surface area (Å²) in [5, 5.41) is 9.82. The van der Waals surface area contributed by atoms with Crippen molar-refractivity contribution in [2.24, 2.45) is 5.92 Å². The van der Waals surface area contributed by atoms with Gasteiger partial charge in [0, 0.05) is 11.5 Å². The van der Waals surface area contributed by atoms with Crippen LogP contribution >= 0.6 is 0 Å². The summed E-state index contributed by atoms with van der Waals surface area (Å²) in [6.45, 7) is 6.58. The highest BCUT2D eigenvalue weighted by molar-refractivity contribution is 5.45. The van der Waals surface area contributed by atoms with Crippen molar-refractivity contribution in [3.05, 3.63) is 59.2 Å². The van der Waals surface area contributed by atoms with Gasteiger partial charge in [0.05, 0.1) is 0 Å². The maximum absolute atomic E-state index is 9.82. The van der Waals surface area contributed by atoms with E-state index >= 15 is 0 Å². The van der Waals surface area contributed by atoms with E-state index in [0.29, 0.717) is 17.6 Å². The number of hydrogen-bond donors (Lipinski definition) is 1. The minimum atomic E-state index is 0.0780. The average molecular weight is 296 g/mol. The molecule has 2 aromatic rings. The molecule has 116 valence electrons. The van der Waals surface area contributed by atoms with Crippen LogP contribution in [-0.2, 0) is 0 Å². The third-order valence-corrected chi connectivity index (χ3v) is 4.76. The molecule has 1 heterocycles. The monoisotopic (exact) mass is 296 g/mol. The van der Waals surface area contributed by atoms with Crippen LogP contribution in [0, 0.1) is 12.8 Å². The molecule has 3 unspecified atom stereocenters. The number of rotatable bonds is 3.